The molecule has 0 spiro atoms. The zero-order valence-corrected chi connectivity index (χ0v) is 13.5. The number of benzene rings is 1. The number of likely N-dealkylation sites (tertiary alicyclic amines) is 1. The zero-order chi connectivity index (χ0) is 16.1. The van der Waals surface area contributed by atoms with Crippen LogP contribution in [0.1, 0.15) is 19.8 Å². The Kier molecular flexibility index (Phi) is 5.41. The summed E-state index contributed by atoms with van der Waals surface area (Å²) in [7, 11) is 3.50. The lowest BCUT2D eigenvalue weighted by Gasteiger charge is -2.26. The number of rotatable bonds is 6. The predicted octanol–water partition coefficient (Wildman–Crippen LogP) is 1.78. The van der Waals surface area contributed by atoms with Crippen LogP contribution in [0.3, 0.4) is 0 Å². The maximum atomic E-state index is 12.4. The molecule has 1 aromatic carbocycles. The topological polar surface area (TPSA) is 49.9 Å². The standard InChI is InChI=1S/C17H24N2O3/c1-13(10-12-22-14-7-5-4-6-8-14)16(20)19(3)15-9-11-18(2)17(15)21/h4-8,13,15H,9-12H2,1-3H3/t13-,15+/m0/s1. The summed E-state index contributed by atoms with van der Waals surface area (Å²) in [6.45, 7) is 3.09. The molecule has 0 aromatic heterocycles. The second-order valence-electron chi connectivity index (χ2n) is 5.86. The van der Waals surface area contributed by atoms with Crippen LogP contribution in [-0.2, 0) is 9.59 Å². The third-order valence-electron chi connectivity index (χ3n) is 4.20. The Morgan fingerprint density at radius 1 is 1.41 bits per heavy atom. The van der Waals surface area contributed by atoms with Crippen LogP contribution in [0, 0.1) is 5.92 Å². The third kappa shape index (κ3) is 3.78. The van der Waals surface area contributed by atoms with Crippen LogP contribution in [0.15, 0.2) is 30.3 Å². The second kappa shape index (κ2) is 7.29. The van der Waals surface area contributed by atoms with Gasteiger partial charge in [-0.3, -0.25) is 9.59 Å². The molecule has 5 nitrogen and oxygen atoms in total. The van der Waals surface area contributed by atoms with Gasteiger partial charge in [0.1, 0.15) is 11.8 Å². The van der Waals surface area contributed by atoms with Crippen LogP contribution in [0.25, 0.3) is 0 Å². The summed E-state index contributed by atoms with van der Waals surface area (Å²) in [5.74, 6) is 0.685. The maximum absolute atomic E-state index is 12.4. The van der Waals surface area contributed by atoms with Crippen LogP contribution < -0.4 is 4.74 Å². The molecule has 1 saturated heterocycles. The Morgan fingerprint density at radius 2 is 2.09 bits per heavy atom. The summed E-state index contributed by atoms with van der Waals surface area (Å²) in [6, 6.07) is 9.25. The first-order valence-corrected chi connectivity index (χ1v) is 7.70. The van der Waals surface area contributed by atoms with E-state index in [0.29, 0.717) is 26.0 Å². The van der Waals surface area contributed by atoms with E-state index in [4.69, 9.17) is 4.74 Å². The van der Waals surface area contributed by atoms with Crippen LogP contribution in [0.4, 0.5) is 0 Å². The number of nitrogens with zero attached hydrogens (tertiary/aromatic N) is 2. The number of amides is 2. The molecular weight excluding hydrogens is 280 g/mol. The second-order valence-corrected chi connectivity index (χ2v) is 5.86. The molecule has 0 radical (unpaired) electrons. The summed E-state index contributed by atoms with van der Waals surface area (Å²) in [5, 5.41) is 0. The number of likely N-dealkylation sites (N-methyl/N-ethyl adjacent to an activating group) is 2. The highest BCUT2D eigenvalue weighted by molar-refractivity contribution is 5.89. The number of carbonyl (C=O) groups is 2. The van der Waals surface area contributed by atoms with Crippen molar-refractivity contribution >= 4 is 11.8 Å². The first kappa shape index (κ1) is 16.3. The molecule has 1 fully saturated rings. The van der Waals surface area contributed by atoms with Gasteiger partial charge in [0.25, 0.3) is 0 Å². The highest BCUT2D eigenvalue weighted by atomic mass is 16.5. The number of hydrogen-bond acceptors (Lipinski definition) is 3. The highest BCUT2D eigenvalue weighted by Gasteiger charge is 2.35. The fraction of sp³-hybridized carbons (Fsp3) is 0.529. The van der Waals surface area contributed by atoms with Crippen molar-refractivity contribution in [2.45, 2.75) is 25.8 Å². The van der Waals surface area contributed by atoms with Gasteiger partial charge in [-0.25, -0.2) is 0 Å². The first-order chi connectivity index (χ1) is 10.5. The van der Waals surface area contributed by atoms with E-state index in [2.05, 4.69) is 0 Å². The Morgan fingerprint density at radius 3 is 2.68 bits per heavy atom. The van der Waals surface area contributed by atoms with Crippen LogP contribution in [-0.4, -0.2) is 54.9 Å². The van der Waals surface area contributed by atoms with Crippen molar-refractivity contribution in [2.24, 2.45) is 5.92 Å². The lowest BCUT2D eigenvalue weighted by Crippen LogP contribution is -2.44. The molecule has 120 valence electrons. The normalized spacial score (nSPS) is 19.1. The largest absolute Gasteiger partial charge is 0.494 e. The van der Waals surface area contributed by atoms with Crippen molar-refractivity contribution in [1.82, 2.24) is 9.80 Å². The van der Waals surface area contributed by atoms with E-state index in [1.54, 1.807) is 23.9 Å². The van der Waals surface area contributed by atoms with Gasteiger partial charge in [-0.1, -0.05) is 25.1 Å². The van der Waals surface area contributed by atoms with Crippen LogP contribution in [0.5, 0.6) is 5.75 Å². The summed E-state index contributed by atoms with van der Waals surface area (Å²) in [4.78, 5) is 27.7. The molecule has 1 aliphatic rings. The van der Waals surface area contributed by atoms with E-state index in [9.17, 15) is 9.59 Å². The summed E-state index contributed by atoms with van der Waals surface area (Å²) in [6.07, 6.45) is 1.35. The van der Waals surface area contributed by atoms with E-state index >= 15 is 0 Å². The van der Waals surface area contributed by atoms with Crippen molar-refractivity contribution in [3.8, 4) is 5.75 Å². The van der Waals surface area contributed by atoms with Crippen molar-refractivity contribution < 1.29 is 14.3 Å². The molecule has 1 aliphatic heterocycles. The minimum absolute atomic E-state index is 0.00492. The molecule has 1 heterocycles. The van der Waals surface area contributed by atoms with Crippen molar-refractivity contribution in [2.75, 3.05) is 27.2 Å². The van der Waals surface area contributed by atoms with Gasteiger partial charge in [0.2, 0.25) is 11.8 Å². The van der Waals surface area contributed by atoms with E-state index in [1.807, 2.05) is 37.3 Å². The Hall–Kier alpha value is -2.04. The SMILES string of the molecule is C[C@@H](CCOc1ccccc1)C(=O)N(C)[C@@H]1CCN(C)C1=O. The predicted molar refractivity (Wildman–Crippen MR) is 84.5 cm³/mol. The van der Waals surface area contributed by atoms with Crippen molar-refractivity contribution in [3.05, 3.63) is 30.3 Å². The fourth-order valence-electron chi connectivity index (χ4n) is 2.66. The molecule has 2 atom stereocenters. The molecule has 0 saturated carbocycles. The minimum Gasteiger partial charge on any atom is -0.494 e. The molecular formula is C17H24N2O3. The minimum atomic E-state index is -0.310. The quantitative estimate of drug-likeness (QED) is 0.805. The van der Waals surface area contributed by atoms with Gasteiger partial charge in [-0.2, -0.15) is 0 Å². The van der Waals surface area contributed by atoms with Gasteiger partial charge in [0.05, 0.1) is 6.61 Å². The van der Waals surface area contributed by atoms with Crippen LogP contribution >= 0.6 is 0 Å². The Labute approximate surface area is 131 Å². The van der Waals surface area contributed by atoms with Gasteiger partial charge >= 0.3 is 0 Å². The molecule has 0 bridgehead atoms. The molecule has 0 N–H and O–H groups in total. The van der Waals surface area contributed by atoms with Gasteiger partial charge in [0.15, 0.2) is 0 Å². The number of hydrogen-bond donors (Lipinski definition) is 0. The van der Waals surface area contributed by atoms with Gasteiger partial charge in [0, 0.05) is 26.6 Å². The molecule has 2 amide bonds. The zero-order valence-electron chi connectivity index (χ0n) is 13.5. The molecule has 0 unspecified atom stereocenters. The number of ether oxygens (including phenoxy) is 1. The van der Waals surface area contributed by atoms with E-state index in [0.717, 1.165) is 5.75 Å². The average Bonchev–Trinajstić information content (AvgIpc) is 2.86. The Balaban J connectivity index is 1.80. The average molecular weight is 304 g/mol. The van der Waals surface area contributed by atoms with E-state index in [1.165, 1.54) is 0 Å². The van der Waals surface area contributed by atoms with Gasteiger partial charge in [-0.15, -0.1) is 0 Å². The number of carbonyl (C=O) groups excluding carboxylic acids is 2. The lowest BCUT2D eigenvalue weighted by atomic mass is 10.1. The maximum Gasteiger partial charge on any atom is 0.245 e. The highest BCUT2D eigenvalue weighted by Crippen LogP contribution is 2.18. The summed E-state index contributed by atoms with van der Waals surface area (Å²) < 4.78 is 5.62. The fourth-order valence-corrected chi connectivity index (χ4v) is 2.66. The van der Waals surface area contributed by atoms with Crippen LogP contribution in [0.2, 0.25) is 0 Å². The van der Waals surface area contributed by atoms with Gasteiger partial charge < -0.3 is 14.5 Å². The first-order valence-electron chi connectivity index (χ1n) is 7.70. The third-order valence-corrected chi connectivity index (χ3v) is 4.20. The number of para-hydroxylation sites is 1. The molecule has 22 heavy (non-hydrogen) atoms. The summed E-state index contributed by atoms with van der Waals surface area (Å²) in [5.41, 5.74) is 0. The lowest BCUT2D eigenvalue weighted by molar-refractivity contribution is -0.142. The van der Waals surface area contributed by atoms with Crippen molar-refractivity contribution in [1.29, 1.82) is 0 Å². The summed E-state index contributed by atoms with van der Waals surface area (Å²) >= 11 is 0. The monoisotopic (exact) mass is 304 g/mol. The van der Waals surface area contributed by atoms with Crippen molar-refractivity contribution in [3.63, 3.8) is 0 Å². The molecule has 0 aliphatic carbocycles. The smallest absolute Gasteiger partial charge is 0.245 e. The molecule has 2 rings (SSSR count). The van der Waals surface area contributed by atoms with Gasteiger partial charge in [-0.05, 0) is 25.0 Å². The van der Waals surface area contributed by atoms with E-state index in [-0.39, 0.29) is 23.8 Å². The Bertz CT molecular complexity index is 518. The molecule has 5 heteroatoms. The molecule has 1 aromatic rings. The van der Waals surface area contributed by atoms with E-state index < -0.39 is 0 Å².